The number of hydrogen-bond acceptors (Lipinski definition) is 3. The molecule has 0 aliphatic carbocycles. The zero-order valence-electron chi connectivity index (χ0n) is 10.7. The average molecular weight is 225 g/mol. The van der Waals surface area contributed by atoms with Crippen molar-refractivity contribution >= 4 is 0 Å². The largest absolute Gasteiger partial charge is 0.330 e. The van der Waals surface area contributed by atoms with Gasteiger partial charge in [-0.2, -0.15) is 0 Å². The van der Waals surface area contributed by atoms with Crippen LogP contribution in [0.1, 0.15) is 32.6 Å². The van der Waals surface area contributed by atoms with Crippen molar-refractivity contribution in [2.24, 2.45) is 11.7 Å². The minimum absolute atomic E-state index is 0.772. The van der Waals surface area contributed by atoms with Gasteiger partial charge in [-0.1, -0.05) is 6.92 Å². The fraction of sp³-hybridized carbons (Fsp3) is 1.00. The van der Waals surface area contributed by atoms with Crippen molar-refractivity contribution in [3.63, 3.8) is 0 Å². The Kier molecular flexibility index (Phi) is 4.62. The topological polar surface area (TPSA) is 32.5 Å². The Morgan fingerprint density at radius 3 is 2.44 bits per heavy atom. The van der Waals surface area contributed by atoms with Crippen molar-refractivity contribution in [3.8, 4) is 0 Å². The standard InChI is InChI=1S/C13H27N3/c1-2-6-15-7-4-13(5-8-15)16-9-3-12(10-14)11-16/h12-13H,2-11,14H2,1H3. The van der Waals surface area contributed by atoms with Crippen LogP contribution >= 0.6 is 0 Å². The fourth-order valence-corrected chi connectivity index (χ4v) is 3.21. The maximum absolute atomic E-state index is 5.75. The van der Waals surface area contributed by atoms with E-state index >= 15 is 0 Å². The van der Waals surface area contributed by atoms with Crippen molar-refractivity contribution in [2.45, 2.75) is 38.6 Å². The SMILES string of the molecule is CCCN1CCC(N2CCC(CN)C2)CC1. The van der Waals surface area contributed by atoms with E-state index in [0.717, 1.165) is 18.5 Å². The van der Waals surface area contributed by atoms with Crippen molar-refractivity contribution in [1.82, 2.24) is 9.80 Å². The highest BCUT2D eigenvalue weighted by molar-refractivity contribution is 4.85. The molecule has 94 valence electrons. The summed E-state index contributed by atoms with van der Waals surface area (Å²) in [5.74, 6) is 0.772. The molecule has 0 spiro atoms. The molecule has 0 aromatic rings. The third-order valence-electron chi connectivity index (χ3n) is 4.26. The summed E-state index contributed by atoms with van der Waals surface area (Å²) in [5.41, 5.74) is 5.75. The van der Waals surface area contributed by atoms with Gasteiger partial charge in [0.1, 0.15) is 0 Å². The van der Waals surface area contributed by atoms with Crippen molar-refractivity contribution in [3.05, 3.63) is 0 Å². The van der Waals surface area contributed by atoms with Crippen LogP contribution in [-0.4, -0.2) is 55.1 Å². The van der Waals surface area contributed by atoms with Crippen molar-refractivity contribution in [2.75, 3.05) is 39.3 Å². The van der Waals surface area contributed by atoms with Crippen molar-refractivity contribution in [1.29, 1.82) is 0 Å². The lowest BCUT2D eigenvalue weighted by Gasteiger charge is -2.36. The van der Waals surface area contributed by atoms with Gasteiger partial charge in [0.25, 0.3) is 0 Å². The van der Waals surface area contributed by atoms with Crippen LogP contribution in [-0.2, 0) is 0 Å². The van der Waals surface area contributed by atoms with Crippen LogP contribution in [0.2, 0.25) is 0 Å². The van der Waals surface area contributed by atoms with E-state index in [1.807, 2.05) is 0 Å². The Balaban J connectivity index is 1.72. The molecule has 16 heavy (non-hydrogen) atoms. The molecule has 2 N–H and O–H groups in total. The Morgan fingerprint density at radius 2 is 1.88 bits per heavy atom. The van der Waals surface area contributed by atoms with E-state index in [1.165, 1.54) is 58.4 Å². The predicted molar refractivity (Wildman–Crippen MR) is 68.5 cm³/mol. The van der Waals surface area contributed by atoms with E-state index in [0.29, 0.717) is 0 Å². The molecule has 2 aliphatic rings. The lowest BCUT2D eigenvalue weighted by molar-refractivity contribution is 0.124. The first-order valence-electron chi connectivity index (χ1n) is 7.00. The molecule has 3 heteroatoms. The molecule has 2 rings (SSSR count). The number of nitrogens with zero attached hydrogens (tertiary/aromatic N) is 2. The van der Waals surface area contributed by atoms with E-state index in [1.54, 1.807) is 0 Å². The first-order valence-corrected chi connectivity index (χ1v) is 7.00. The van der Waals surface area contributed by atoms with Gasteiger partial charge < -0.3 is 10.6 Å². The van der Waals surface area contributed by atoms with Crippen molar-refractivity contribution < 1.29 is 0 Å². The lowest BCUT2D eigenvalue weighted by atomic mass is 10.0. The maximum Gasteiger partial charge on any atom is 0.0120 e. The lowest BCUT2D eigenvalue weighted by Crippen LogP contribution is -2.44. The highest BCUT2D eigenvalue weighted by Crippen LogP contribution is 2.23. The van der Waals surface area contributed by atoms with Crippen LogP contribution in [0.4, 0.5) is 0 Å². The predicted octanol–water partition coefficient (Wildman–Crippen LogP) is 1.14. The van der Waals surface area contributed by atoms with Crippen LogP contribution in [0.25, 0.3) is 0 Å². The second kappa shape index (κ2) is 5.99. The quantitative estimate of drug-likeness (QED) is 0.779. The monoisotopic (exact) mass is 225 g/mol. The van der Waals surface area contributed by atoms with Gasteiger partial charge in [-0.3, -0.25) is 4.90 Å². The number of likely N-dealkylation sites (tertiary alicyclic amines) is 2. The summed E-state index contributed by atoms with van der Waals surface area (Å²) in [6, 6.07) is 0.852. The van der Waals surface area contributed by atoms with Gasteiger partial charge in [0.05, 0.1) is 0 Å². The molecule has 0 radical (unpaired) electrons. The van der Waals surface area contributed by atoms with Crippen LogP contribution in [0, 0.1) is 5.92 Å². The third-order valence-corrected chi connectivity index (χ3v) is 4.26. The van der Waals surface area contributed by atoms with Gasteiger partial charge >= 0.3 is 0 Å². The minimum Gasteiger partial charge on any atom is -0.330 e. The highest BCUT2D eigenvalue weighted by Gasteiger charge is 2.29. The smallest absolute Gasteiger partial charge is 0.0120 e. The molecule has 2 heterocycles. The van der Waals surface area contributed by atoms with Crippen LogP contribution in [0.5, 0.6) is 0 Å². The van der Waals surface area contributed by atoms with Gasteiger partial charge in [0.2, 0.25) is 0 Å². The fourth-order valence-electron chi connectivity index (χ4n) is 3.21. The second-order valence-electron chi connectivity index (χ2n) is 5.46. The van der Waals surface area contributed by atoms with Gasteiger partial charge in [-0.15, -0.1) is 0 Å². The Hall–Kier alpha value is -0.120. The van der Waals surface area contributed by atoms with Gasteiger partial charge in [0.15, 0.2) is 0 Å². The highest BCUT2D eigenvalue weighted by atomic mass is 15.2. The van der Waals surface area contributed by atoms with Gasteiger partial charge in [-0.05, 0) is 64.3 Å². The average Bonchev–Trinajstić information content (AvgIpc) is 2.79. The van der Waals surface area contributed by atoms with E-state index in [-0.39, 0.29) is 0 Å². The number of piperidine rings is 1. The summed E-state index contributed by atoms with van der Waals surface area (Å²) in [4.78, 5) is 5.31. The third kappa shape index (κ3) is 2.96. The van der Waals surface area contributed by atoms with Crippen LogP contribution < -0.4 is 5.73 Å². The number of rotatable bonds is 4. The molecule has 2 saturated heterocycles. The van der Waals surface area contributed by atoms with E-state index < -0.39 is 0 Å². The van der Waals surface area contributed by atoms with E-state index in [2.05, 4.69) is 16.7 Å². The zero-order chi connectivity index (χ0) is 11.4. The molecule has 0 saturated carbocycles. The van der Waals surface area contributed by atoms with Gasteiger partial charge in [0, 0.05) is 12.6 Å². The Morgan fingerprint density at radius 1 is 1.12 bits per heavy atom. The second-order valence-corrected chi connectivity index (χ2v) is 5.46. The molecular formula is C13H27N3. The van der Waals surface area contributed by atoms with Crippen LogP contribution in [0.3, 0.4) is 0 Å². The minimum atomic E-state index is 0.772. The molecule has 2 fully saturated rings. The molecular weight excluding hydrogens is 198 g/mol. The Labute approximate surface area is 100.0 Å². The molecule has 1 unspecified atom stereocenters. The molecule has 3 nitrogen and oxygen atoms in total. The van der Waals surface area contributed by atoms with E-state index in [9.17, 15) is 0 Å². The number of hydrogen-bond donors (Lipinski definition) is 1. The summed E-state index contributed by atoms with van der Waals surface area (Å²) in [5, 5.41) is 0. The number of nitrogens with two attached hydrogens (primary N) is 1. The zero-order valence-corrected chi connectivity index (χ0v) is 10.7. The summed E-state index contributed by atoms with van der Waals surface area (Å²) in [7, 11) is 0. The molecule has 1 atom stereocenters. The maximum atomic E-state index is 5.75. The molecule has 0 bridgehead atoms. The first kappa shape index (κ1) is 12.3. The first-order chi connectivity index (χ1) is 7.83. The molecule has 0 aromatic heterocycles. The molecule has 0 amide bonds. The van der Waals surface area contributed by atoms with E-state index in [4.69, 9.17) is 5.73 Å². The summed E-state index contributed by atoms with van der Waals surface area (Å²) >= 11 is 0. The Bertz CT molecular complexity index is 199. The summed E-state index contributed by atoms with van der Waals surface area (Å²) in [6.07, 6.45) is 5.36. The normalized spacial score (nSPS) is 30.0. The molecule has 2 aliphatic heterocycles. The van der Waals surface area contributed by atoms with Crippen LogP contribution in [0.15, 0.2) is 0 Å². The summed E-state index contributed by atoms with van der Waals surface area (Å²) < 4.78 is 0. The van der Waals surface area contributed by atoms with Gasteiger partial charge in [-0.25, -0.2) is 0 Å². The summed E-state index contributed by atoms with van der Waals surface area (Å²) in [6.45, 7) is 9.61. The molecule has 0 aromatic carbocycles.